The third kappa shape index (κ3) is 1.66. The number of aromatic nitrogens is 4. The zero-order chi connectivity index (χ0) is 11.8. The first kappa shape index (κ1) is 10.2. The van der Waals surface area contributed by atoms with Gasteiger partial charge in [0.15, 0.2) is 5.82 Å². The van der Waals surface area contributed by atoms with E-state index in [9.17, 15) is 0 Å². The highest BCUT2D eigenvalue weighted by Crippen LogP contribution is 2.26. The Balaban J connectivity index is 2.29. The molecule has 0 atom stereocenters. The van der Waals surface area contributed by atoms with E-state index in [0.29, 0.717) is 16.5 Å². The Kier molecular flexibility index (Phi) is 2.30. The lowest BCUT2D eigenvalue weighted by atomic mass is 10.3. The normalized spacial score (nSPS) is 10.9. The van der Waals surface area contributed by atoms with Crippen LogP contribution in [-0.2, 0) is 7.05 Å². The largest absolute Gasteiger partial charge is 0.336 e. The van der Waals surface area contributed by atoms with Crippen molar-refractivity contribution in [3.63, 3.8) is 0 Å². The van der Waals surface area contributed by atoms with Gasteiger partial charge in [0.05, 0.1) is 5.02 Å². The van der Waals surface area contributed by atoms with Crippen molar-refractivity contribution in [2.24, 2.45) is 7.05 Å². The fourth-order valence-corrected chi connectivity index (χ4v) is 1.98. The van der Waals surface area contributed by atoms with Crippen LogP contribution in [0.5, 0.6) is 0 Å². The minimum Gasteiger partial charge on any atom is -0.336 e. The molecule has 0 aromatic carbocycles. The molecule has 0 radical (unpaired) electrons. The Morgan fingerprint density at radius 3 is 2.76 bits per heavy atom. The first-order chi connectivity index (χ1) is 8.25. The summed E-state index contributed by atoms with van der Waals surface area (Å²) in [4.78, 5) is 12.8. The summed E-state index contributed by atoms with van der Waals surface area (Å²) in [6, 6.07) is 5.62. The van der Waals surface area contributed by atoms with Crippen LogP contribution in [0.4, 0.5) is 0 Å². The summed E-state index contributed by atoms with van der Waals surface area (Å²) >= 11 is 6.20. The van der Waals surface area contributed by atoms with Crippen molar-refractivity contribution in [1.29, 1.82) is 0 Å². The van der Waals surface area contributed by atoms with Crippen LogP contribution in [0.1, 0.15) is 0 Å². The number of halogens is 1. The molecule has 0 N–H and O–H groups in total. The number of hydrogen-bond donors (Lipinski definition) is 0. The highest BCUT2D eigenvalue weighted by Gasteiger charge is 2.11. The maximum absolute atomic E-state index is 6.20. The van der Waals surface area contributed by atoms with Crippen LogP contribution in [-0.4, -0.2) is 19.5 Å². The van der Waals surface area contributed by atoms with E-state index in [0.717, 1.165) is 11.0 Å². The molecule has 0 aliphatic rings. The molecule has 3 aromatic heterocycles. The zero-order valence-corrected chi connectivity index (χ0v) is 9.89. The van der Waals surface area contributed by atoms with Gasteiger partial charge in [0.1, 0.15) is 11.3 Å². The topological polar surface area (TPSA) is 43.6 Å². The second kappa shape index (κ2) is 3.82. The van der Waals surface area contributed by atoms with Gasteiger partial charge in [-0.1, -0.05) is 11.6 Å². The number of nitrogens with zero attached hydrogens (tertiary/aromatic N) is 4. The van der Waals surface area contributed by atoms with E-state index in [2.05, 4.69) is 15.0 Å². The summed E-state index contributed by atoms with van der Waals surface area (Å²) < 4.78 is 1.94. The van der Waals surface area contributed by atoms with Crippen LogP contribution in [0.15, 0.2) is 36.8 Å². The molecule has 0 aliphatic carbocycles. The van der Waals surface area contributed by atoms with Gasteiger partial charge in [-0.2, -0.15) is 0 Å². The van der Waals surface area contributed by atoms with Gasteiger partial charge < -0.3 is 4.57 Å². The Bertz CT molecular complexity index is 676. The number of fused-ring (bicyclic) bond motifs is 1. The summed E-state index contributed by atoms with van der Waals surface area (Å²) in [5.74, 6) is 0.542. The number of hydrogen-bond acceptors (Lipinski definition) is 3. The van der Waals surface area contributed by atoms with E-state index < -0.39 is 0 Å². The van der Waals surface area contributed by atoms with E-state index in [-0.39, 0.29) is 0 Å². The molecule has 0 unspecified atom stereocenters. The molecule has 0 aliphatic heterocycles. The molecule has 0 amide bonds. The fraction of sp³-hybridized carbons (Fsp3) is 0.0833. The van der Waals surface area contributed by atoms with Crippen molar-refractivity contribution >= 4 is 22.6 Å². The highest BCUT2D eigenvalue weighted by atomic mass is 35.5. The molecule has 3 aromatic rings. The molecule has 3 rings (SSSR count). The predicted molar refractivity (Wildman–Crippen MR) is 66.8 cm³/mol. The van der Waals surface area contributed by atoms with Gasteiger partial charge in [-0.05, 0) is 18.2 Å². The molecule has 0 bridgehead atoms. The maximum atomic E-state index is 6.20. The number of pyridine rings is 1. The molecule has 3 heterocycles. The van der Waals surface area contributed by atoms with Gasteiger partial charge in [0, 0.05) is 31.0 Å². The average Bonchev–Trinajstić information content (AvgIpc) is 2.70. The minimum absolute atomic E-state index is 0.542. The van der Waals surface area contributed by atoms with Gasteiger partial charge in [0.2, 0.25) is 0 Å². The molecule has 0 fully saturated rings. The van der Waals surface area contributed by atoms with Crippen molar-refractivity contribution < 1.29 is 0 Å². The molecule has 5 heteroatoms. The van der Waals surface area contributed by atoms with E-state index in [4.69, 9.17) is 11.6 Å². The van der Waals surface area contributed by atoms with Gasteiger partial charge >= 0.3 is 0 Å². The molecule has 4 nitrogen and oxygen atoms in total. The van der Waals surface area contributed by atoms with E-state index in [1.54, 1.807) is 18.5 Å². The van der Waals surface area contributed by atoms with E-state index >= 15 is 0 Å². The lowest BCUT2D eigenvalue weighted by Crippen LogP contribution is -1.94. The number of rotatable bonds is 1. The molecular formula is C12H9ClN4. The van der Waals surface area contributed by atoms with Gasteiger partial charge in [0.25, 0.3) is 0 Å². The van der Waals surface area contributed by atoms with Crippen molar-refractivity contribution in [2.45, 2.75) is 0 Å². The molecule has 17 heavy (non-hydrogen) atoms. The minimum atomic E-state index is 0.542. The summed E-state index contributed by atoms with van der Waals surface area (Å²) in [7, 11) is 1.94. The van der Waals surface area contributed by atoms with E-state index in [1.165, 1.54) is 0 Å². The zero-order valence-electron chi connectivity index (χ0n) is 9.13. The smallest absolute Gasteiger partial charge is 0.179 e. The van der Waals surface area contributed by atoms with Crippen LogP contribution in [0.25, 0.3) is 22.6 Å². The predicted octanol–water partition coefficient (Wildman–Crippen LogP) is 2.68. The Labute approximate surface area is 103 Å². The summed E-state index contributed by atoms with van der Waals surface area (Å²) in [5, 5.41) is 1.58. The van der Waals surface area contributed by atoms with Crippen molar-refractivity contribution in [2.75, 3.05) is 0 Å². The van der Waals surface area contributed by atoms with Gasteiger partial charge in [-0.15, -0.1) is 0 Å². The summed E-state index contributed by atoms with van der Waals surface area (Å²) in [5.41, 5.74) is 1.48. The third-order valence-corrected chi connectivity index (χ3v) is 2.86. The Morgan fingerprint density at radius 2 is 2.00 bits per heavy atom. The summed E-state index contributed by atoms with van der Waals surface area (Å²) in [6.45, 7) is 0. The Morgan fingerprint density at radius 1 is 1.24 bits per heavy atom. The monoisotopic (exact) mass is 244 g/mol. The van der Waals surface area contributed by atoms with Crippen LogP contribution in [0.2, 0.25) is 5.02 Å². The second-order valence-electron chi connectivity index (χ2n) is 3.73. The van der Waals surface area contributed by atoms with Crippen LogP contribution >= 0.6 is 11.6 Å². The van der Waals surface area contributed by atoms with Crippen LogP contribution in [0.3, 0.4) is 0 Å². The second-order valence-corrected chi connectivity index (χ2v) is 4.14. The SMILES string of the molecule is Cn1ccc2cc(Cl)c(-c3ncccn3)nc21. The molecule has 0 spiro atoms. The standard InChI is InChI=1S/C12H9ClN4/c1-17-6-3-8-7-9(13)10(16-12(8)17)11-14-4-2-5-15-11/h2-7H,1H3. The molecular weight excluding hydrogens is 236 g/mol. The first-order valence-electron chi connectivity index (χ1n) is 5.14. The van der Waals surface area contributed by atoms with Crippen molar-refractivity contribution in [3.8, 4) is 11.5 Å². The lowest BCUT2D eigenvalue weighted by molar-refractivity contribution is 0.947. The lowest BCUT2D eigenvalue weighted by Gasteiger charge is -2.03. The fourth-order valence-electron chi connectivity index (χ4n) is 1.74. The van der Waals surface area contributed by atoms with Crippen molar-refractivity contribution in [1.82, 2.24) is 19.5 Å². The van der Waals surface area contributed by atoms with Gasteiger partial charge in [-0.3, -0.25) is 0 Å². The maximum Gasteiger partial charge on any atom is 0.179 e. The average molecular weight is 245 g/mol. The molecule has 0 saturated carbocycles. The van der Waals surface area contributed by atoms with Crippen LogP contribution < -0.4 is 0 Å². The molecule has 0 saturated heterocycles. The Hall–Kier alpha value is -1.94. The highest BCUT2D eigenvalue weighted by molar-refractivity contribution is 6.33. The van der Waals surface area contributed by atoms with Crippen molar-refractivity contribution in [3.05, 3.63) is 41.8 Å². The van der Waals surface area contributed by atoms with E-state index in [1.807, 2.05) is 29.9 Å². The summed E-state index contributed by atoms with van der Waals surface area (Å²) in [6.07, 6.45) is 5.30. The quantitative estimate of drug-likeness (QED) is 0.661. The third-order valence-electron chi connectivity index (χ3n) is 2.57. The first-order valence-corrected chi connectivity index (χ1v) is 5.52. The van der Waals surface area contributed by atoms with Crippen LogP contribution in [0, 0.1) is 0 Å². The number of aryl methyl sites for hydroxylation is 1. The molecule has 84 valence electrons. The van der Waals surface area contributed by atoms with Gasteiger partial charge in [-0.25, -0.2) is 15.0 Å².